The Labute approximate surface area is 174 Å². The number of carbonyl (C=O) groups is 1. The van der Waals surface area contributed by atoms with Crippen molar-refractivity contribution in [1.82, 2.24) is 19.9 Å². The van der Waals surface area contributed by atoms with Gasteiger partial charge in [0, 0.05) is 28.7 Å². The first-order chi connectivity index (χ1) is 14.2. The largest absolute Gasteiger partial charge is 0.344 e. The summed E-state index contributed by atoms with van der Waals surface area (Å²) in [5, 5.41) is 5.20. The van der Waals surface area contributed by atoms with E-state index in [-0.39, 0.29) is 11.9 Å². The number of aromatic nitrogens is 3. The van der Waals surface area contributed by atoms with Crippen molar-refractivity contribution in [1.29, 1.82) is 0 Å². The van der Waals surface area contributed by atoms with Gasteiger partial charge in [-0.05, 0) is 48.6 Å². The Morgan fingerprint density at radius 1 is 1.17 bits per heavy atom. The van der Waals surface area contributed by atoms with Gasteiger partial charge in [0.05, 0.1) is 6.04 Å². The highest BCUT2D eigenvalue weighted by atomic mass is 32.1. The summed E-state index contributed by atoms with van der Waals surface area (Å²) in [4.78, 5) is 23.4. The van der Waals surface area contributed by atoms with E-state index in [1.54, 1.807) is 17.5 Å². The van der Waals surface area contributed by atoms with Crippen LogP contribution in [0.15, 0.2) is 60.1 Å². The van der Waals surface area contributed by atoms with Gasteiger partial charge >= 0.3 is 0 Å². The Hall–Kier alpha value is -2.99. The zero-order valence-corrected chi connectivity index (χ0v) is 17.4. The van der Waals surface area contributed by atoms with E-state index in [0.29, 0.717) is 5.56 Å². The average Bonchev–Trinajstić information content (AvgIpc) is 3.41. The number of benzene rings is 1. The van der Waals surface area contributed by atoms with Gasteiger partial charge < -0.3 is 9.88 Å². The van der Waals surface area contributed by atoms with E-state index >= 15 is 0 Å². The first-order valence-electron chi connectivity index (χ1n) is 9.97. The Kier molecular flexibility index (Phi) is 5.71. The van der Waals surface area contributed by atoms with E-state index in [1.165, 1.54) is 4.88 Å². The van der Waals surface area contributed by atoms with E-state index in [4.69, 9.17) is 4.98 Å². The number of aryl methyl sites for hydroxylation is 1. The molecule has 148 valence electrons. The second-order valence-electron chi connectivity index (χ2n) is 6.96. The molecule has 0 radical (unpaired) electrons. The van der Waals surface area contributed by atoms with Crippen LogP contribution in [0.3, 0.4) is 0 Å². The number of carbonyl (C=O) groups excluding carboxylic acids is 1. The standard InChI is InChI=1S/C23H24N4OS/c1-3-13-27-21(25-19-10-6-12-24-22(19)27)16-8-5-9-17(15-16)23(28)26-18(4-2)20-11-7-14-29-20/h5-12,14-15,18H,3-4,13H2,1-2H3,(H,26,28). The monoisotopic (exact) mass is 404 g/mol. The molecule has 6 heteroatoms. The number of imidazole rings is 1. The zero-order chi connectivity index (χ0) is 20.2. The van der Waals surface area contributed by atoms with Crippen LogP contribution in [-0.4, -0.2) is 20.4 Å². The van der Waals surface area contributed by atoms with Gasteiger partial charge in [0.1, 0.15) is 11.3 Å². The van der Waals surface area contributed by atoms with Crippen molar-refractivity contribution in [2.24, 2.45) is 0 Å². The molecule has 0 fully saturated rings. The second-order valence-corrected chi connectivity index (χ2v) is 7.94. The third kappa shape index (κ3) is 3.93. The molecule has 1 atom stereocenters. The lowest BCUT2D eigenvalue weighted by Crippen LogP contribution is -2.27. The smallest absolute Gasteiger partial charge is 0.251 e. The van der Waals surface area contributed by atoms with Crippen LogP contribution in [0.5, 0.6) is 0 Å². The zero-order valence-electron chi connectivity index (χ0n) is 16.6. The van der Waals surface area contributed by atoms with Crippen molar-refractivity contribution in [3.63, 3.8) is 0 Å². The molecule has 3 heterocycles. The maximum atomic E-state index is 12.9. The van der Waals surface area contributed by atoms with Crippen LogP contribution >= 0.6 is 11.3 Å². The van der Waals surface area contributed by atoms with Gasteiger partial charge in [-0.15, -0.1) is 11.3 Å². The third-order valence-corrected chi connectivity index (χ3v) is 5.92. The maximum Gasteiger partial charge on any atom is 0.251 e. The lowest BCUT2D eigenvalue weighted by atomic mass is 10.1. The summed E-state index contributed by atoms with van der Waals surface area (Å²) in [5.41, 5.74) is 3.31. The minimum Gasteiger partial charge on any atom is -0.344 e. The molecule has 0 aliphatic heterocycles. The topological polar surface area (TPSA) is 59.8 Å². The van der Waals surface area contributed by atoms with Crippen LogP contribution in [0, 0.1) is 0 Å². The summed E-state index contributed by atoms with van der Waals surface area (Å²) < 4.78 is 2.13. The molecule has 3 aromatic heterocycles. The second kappa shape index (κ2) is 8.57. The van der Waals surface area contributed by atoms with Crippen LogP contribution < -0.4 is 5.32 Å². The van der Waals surface area contributed by atoms with Gasteiger partial charge in [0.25, 0.3) is 5.91 Å². The van der Waals surface area contributed by atoms with Crippen LogP contribution in [0.25, 0.3) is 22.6 Å². The Balaban J connectivity index is 1.66. The molecular formula is C23H24N4OS. The van der Waals surface area contributed by atoms with Crippen LogP contribution in [0.4, 0.5) is 0 Å². The van der Waals surface area contributed by atoms with Crippen molar-refractivity contribution in [3.8, 4) is 11.4 Å². The van der Waals surface area contributed by atoms with E-state index in [1.807, 2.05) is 47.8 Å². The number of amides is 1. The first kappa shape index (κ1) is 19.3. The van der Waals surface area contributed by atoms with E-state index in [2.05, 4.69) is 34.8 Å². The SMILES string of the molecule is CCCn1c(-c2cccc(C(=O)NC(CC)c3cccs3)c2)nc2cccnc21. The van der Waals surface area contributed by atoms with Crippen molar-refractivity contribution >= 4 is 28.4 Å². The van der Waals surface area contributed by atoms with E-state index in [9.17, 15) is 4.79 Å². The Morgan fingerprint density at radius 2 is 2.07 bits per heavy atom. The summed E-state index contributed by atoms with van der Waals surface area (Å²) >= 11 is 1.67. The van der Waals surface area contributed by atoms with E-state index < -0.39 is 0 Å². The number of pyridine rings is 1. The molecule has 0 bridgehead atoms. The van der Waals surface area contributed by atoms with Crippen molar-refractivity contribution in [3.05, 3.63) is 70.5 Å². The van der Waals surface area contributed by atoms with E-state index in [0.717, 1.165) is 41.9 Å². The number of nitrogens with one attached hydrogen (secondary N) is 1. The fraction of sp³-hybridized carbons (Fsp3) is 0.261. The number of hydrogen-bond acceptors (Lipinski definition) is 4. The van der Waals surface area contributed by atoms with Crippen molar-refractivity contribution in [2.75, 3.05) is 0 Å². The summed E-state index contributed by atoms with van der Waals surface area (Å²) in [5.74, 6) is 0.781. The van der Waals surface area contributed by atoms with Gasteiger partial charge in [-0.3, -0.25) is 4.79 Å². The molecule has 1 aromatic carbocycles. The maximum absolute atomic E-state index is 12.9. The van der Waals surface area contributed by atoms with Gasteiger partial charge in [-0.1, -0.05) is 32.0 Å². The third-order valence-electron chi connectivity index (χ3n) is 4.93. The highest BCUT2D eigenvalue weighted by molar-refractivity contribution is 7.10. The van der Waals surface area contributed by atoms with Crippen LogP contribution in [-0.2, 0) is 6.54 Å². The molecule has 4 rings (SSSR count). The molecule has 0 saturated heterocycles. The number of fused-ring (bicyclic) bond motifs is 1. The average molecular weight is 405 g/mol. The number of thiophene rings is 1. The molecule has 1 N–H and O–H groups in total. The highest BCUT2D eigenvalue weighted by Gasteiger charge is 2.17. The molecule has 1 amide bonds. The van der Waals surface area contributed by atoms with Gasteiger partial charge in [0.2, 0.25) is 0 Å². The Morgan fingerprint density at radius 3 is 2.83 bits per heavy atom. The minimum atomic E-state index is -0.0663. The first-order valence-corrected chi connectivity index (χ1v) is 10.8. The fourth-order valence-corrected chi connectivity index (χ4v) is 4.38. The number of rotatable bonds is 7. The molecule has 0 saturated carbocycles. The summed E-state index contributed by atoms with van der Waals surface area (Å²) in [6.07, 6.45) is 3.62. The molecule has 0 spiro atoms. The molecule has 0 aliphatic rings. The molecule has 29 heavy (non-hydrogen) atoms. The quantitative estimate of drug-likeness (QED) is 0.445. The fourth-order valence-electron chi connectivity index (χ4n) is 3.52. The molecule has 1 unspecified atom stereocenters. The summed E-state index contributed by atoms with van der Waals surface area (Å²) in [7, 11) is 0. The number of nitrogens with zero attached hydrogens (tertiary/aromatic N) is 3. The normalized spacial score (nSPS) is 12.2. The minimum absolute atomic E-state index is 0.0278. The predicted octanol–water partition coefficient (Wildman–Crippen LogP) is 5.45. The summed E-state index contributed by atoms with van der Waals surface area (Å²) in [6.45, 7) is 5.05. The van der Waals surface area contributed by atoms with Gasteiger partial charge in [-0.2, -0.15) is 0 Å². The Bertz CT molecular complexity index is 1120. The number of hydrogen-bond donors (Lipinski definition) is 1. The molecule has 0 aliphatic carbocycles. The lowest BCUT2D eigenvalue weighted by molar-refractivity contribution is 0.0936. The van der Waals surface area contributed by atoms with Crippen molar-refractivity contribution < 1.29 is 4.79 Å². The van der Waals surface area contributed by atoms with Crippen LogP contribution in [0.2, 0.25) is 0 Å². The molecule has 5 nitrogen and oxygen atoms in total. The lowest BCUT2D eigenvalue weighted by Gasteiger charge is -2.16. The van der Waals surface area contributed by atoms with Gasteiger partial charge in [-0.25, -0.2) is 9.97 Å². The van der Waals surface area contributed by atoms with Gasteiger partial charge in [0.15, 0.2) is 5.65 Å². The highest BCUT2D eigenvalue weighted by Crippen LogP contribution is 2.26. The van der Waals surface area contributed by atoms with Crippen molar-refractivity contribution in [2.45, 2.75) is 39.3 Å². The summed E-state index contributed by atoms with van der Waals surface area (Å²) in [6, 6.07) is 15.7. The predicted molar refractivity (Wildman–Crippen MR) is 118 cm³/mol. The molecule has 4 aromatic rings. The molecular weight excluding hydrogens is 380 g/mol. The van der Waals surface area contributed by atoms with Crippen LogP contribution in [0.1, 0.15) is 48.0 Å².